The van der Waals surface area contributed by atoms with Crippen LogP contribution in [0.1, 0.15) is 31.7 Å². The average Bonchev–Trinajstić information content (AvgIpc) is 3.44. The van der Waals surface area contributed by atoms with Gasteiger partial charge in [-0.3, -0.25) is 0 Å². The van der Waals surface area contributed by atoms with Crippen LogP contribution in [0, 0.1) is 5.82 Å². The Bertz CT molecular complexity index is 1230. The van der Waals surface area contributed by atoms with Gasteiger partial charge in [0.1, 0.15) is 29.4 Å². The first kappa shape index (κ1) is 19.8. The van der Waals surface area contributed by atoms with Gasteiger partial charge < -0.3 is 14.6 Å². The van der Waals surface area contributed by atoms with Crippen LogP contribution in [0.3, 0.4) is 0 Å². The fraction of sp³-hybridized carbons (Fsp3) is 0.250. The molecule has 1 saturated carbocycles. The van der Waals surface area contributed by atoms with Crippen LogP contribution >= 0.6 is 11.6 Å². The average molecular weight is 437 g/mol. The van der Waals surface area contributed by atoms with Crippen molar-refractivity contribution < 1.29 is 9.13 Å². The molecule has 1 fully saturated rings. The monoisotopic (exact) mass is 436 g/mol. The van der Waals surface area contributed by atoms with E-state index in [9.17, 15) is 4.39 Å². The zero-order valence-electron chi connectivity index (χ0n) is 17.1. The van der Waals surface area contributed by atoms with Crippen LogP contribution in [0.25, 0.3) is 22.3 Å². The van der Waals surface area contributed by atoms with Crippen molar-refractivity contribution in [2.45, 2.75) is 31.7 Å². The quantitative estimate of drug-likeness (QED) is 0.375. The van der Waals surface area contributed by atoms with Crippen LogP contribution in [0.5, 0.6) is 5.75 Å². The van der Waals surface area contributed by atoms with Gasteiger partial charge in [0.15, 0.2) is 0 Å². The predicted molar refractivity (Wildman–Crippen MR) is 122 cm³/mol. The Kier molecular flexibility index (Phi) is 5.24. The van der Waals surface area contributed by atoms with Crippen molar-refractivity contribution in [3.8, 4) is 17.0 Å². The molecule has 2 heterocycles. The number of ether oxygens (including phenoxy) is 1. The number of rotatable bonds is 5. The van der Waals surface area contributed by atoms with Gasteiger partial charge in [-0.2, -0.15) is 0 Å². The molecule has 0 bridgehead atoms. The van der Waals surface area contributed by atoms with Crippen LogP contribution < -0.4 is 10.1 Å². The molecule has 7 heteroatoms. The number of methoxy groups -OCH3 is 1. The lowest BCUT2D eigenvalue weighted by atomic mass is 10.1. The van der Waals surface area contributed by atoms with Crippen LogP contribution in [0.2, 0.25) is 5.02 Å². The molecule has 0 radical (unpaired) electrons. The Morgan fingerprint density at radius 2 is 1.84 bits per heavy atom. The van der Waals surface area contributed by atoms with Gasteiger partial charge in [-0.05, 0) is 66.9 Å². The third-order valence-corrected chi connectivity index (χ3v) is 6.18. The maximum absolute atomic E-state index is 13.6. The standard InChI is InChI=1S/C24H22ClFN4O/c1-31-18-9-6-15(7-10-18)22-13-19-23(29-16-8-11-21(26)20(25)12-16)27-14-28-24(19)30(22)17-4-2-3-5-17/h6-14,17H,2-5H2,1H3,(H,27,28,29). The summed E-state index contributed by atoms with van der Waals surface area (Å²) in [5.74, 6) is 1.04. The summed E-state index contributed by atoms with van der Waals surface area (Å²) in [4.78, 5) is 9.10. The number of hydrogen-bond donors (Lipinski definition) is 1. The topological polar surface area (TPSA) is 52.0 Å². The highest BCUT2D eigenvalue weighted by Gasteiger charge is 2.24. The molecule has 31 heavy (non-hydrogen) atoms. The van der Waals surface area contributed by atoms with E-state index < -0.39 is 5.82 Å². The number of nitrogens with zero attached hydrogens (tertiary/aromatic N) is 3. The van der Waals surface area contributed by atoms with E-state index in [1.807, 2.05) is 12.1 Å². The number of anilines is 2. The summed E-state index contributed by atoms with van der Waals surface area (Å²) >= 11 is 5.96. The second-order valence-corrected chi connectivity index (χ2v) is 8.19. The van der Waals surface area contributed by atoms with E-state index in [0.717, 1.165) is 40.9 Å². The van der Waals surface area contributed by atoms with Gasteiger partial charge in [0.05, 0.1) is 23.2 Å². The van der Waals surface area contributed by atoms with Crippen LogP contribution in [-0.2, 0) is 0 Å². The van der Waals surface area contributed by atoms with Gasteiger partial charge in [0, 0.05) is 11.7 Å². The molecule has 5 rings (SSSR count). The molecule has 0 amide bonds. The largest absolute Gasteiger partial charge is 0.497 e. The lowest BCUT2D eigenvalue weighted by Crippen LogP contribution is -2.07. The van der Waals surface area contributed by atoms with Crippen molar-refractivity contribution in [1.29, 1.82) is 0 Å². The predicted octanol–water partition coefficient (Wildman–Crippen LogP) is 6.76. The van der Waals surface area contributed by atoms with Gasteiger partial charge in [0.25, 0.3) is 0 Å². The van der Waals surface area contributed by atoms with Crippen molar-refractivity contribution in [3.63, 3.8) is 0 Å². The Morgan fingerprint density at radius 1 is 1.06 bits per heavy atom. The summed E-state index contributed by atoms with van der Waals surface area (Å²) in [5, 5.41) is 4.26. The van der Waals surface area contributed by atoms with Gasteiger partial charge in [-0.1, -0.05) is 24.4 Å². The fourth-order valence-corrected chi connectivity index (χ4v) is 4.54. The third-order valence-electron chi connectivity index (χ3n) is 5.89. The van der Waals surface area contributed by atoms with E-state index in [2.05, 4.69) is 38.1 Å². The van der Waals surface area contributed by atoms with Crippen molar-refractivity contribution >= 4 is 34.1 Å². The minimum atomic E-state index is -0.450. The molecule has 0 aliphatic heterocycles. The molecule has 2 aromatic heterocycles. The summed E-state index contributed by atoms with van der Waals surface area (Å²) in [7, 11) is 1.67. The summed E-state index contributed by atoms with van der Waals surface area (Å²) in [6.45, 7) is 0. The first-order valence-electron chi connectivity index (χ1n) is 10.4. The van der Waals surface area contributed by atoms with Gasteiger partial charge in [-0.25, -0.2) is 14.4 Å². The molecule has 0 atom stereocenters. The number of benzene rings is 2. The van der Waals surface area contributed by atoms with Crippen LogP contribution in [0.4, 0.5) is 15.9 Å². The minimum Gasteiger partial charge on any atom is -0.497 e. The van der Waals surface area contributed by atoms with E-state index in [-0.39, 0.29) is 5.02 Å². The molecular formula is C24H22ClFN4O. The van der Waals surface area contributed by atoms with Gasteiger partial charge in [0.2, 0.25) is 0 Å². The molecular weight excluding hydrogens is 415 g/mol. The fourth-order valence-electron chi connectivity index (χ4n) is 4.36. The van der Waals surface area contributed by atoms with Crippen molar-refractivity contribution in [3.05, 3.63) is 65.7 Å². The number of nitrogens with one attached hydrogen (secondary N) is 1. The molecule has 5 nitrogen and oxygen atoms in total. The Hall–Kier alpha value is -3.12. The maximum atomic E-state index is 13.6. The lowest BCUT2D eigenvalue weighted by Gasteiger charge is -2.17. The summed E-state index contributed by atoms with van der Waals surface area (Å²) in [6.07, 6.45) is 6.27. The highest BCUT2D eigenvalue weighted by molar-refractivity contribution is 6.31. The lowest BCUT2D eigenvalue weighted by molar-refractivity contribution is 0.415. The molecule has 4 aromatic rings. The van der Waals surface area contributed by atoms with Gasteiger partial charge in [-0.15, -0.1) is 0 Å². The van der Waals surface area contributed by atoms with E-state index in [0.29, 0.717) is 17.5 Å². The normalized spacial score (nSPS) is 14.3. The highest BCUT2D eigenvalue weighted by atomic mass is 35.5. The SMILES string of the molecule is COc1ccc(-c2cc3c(Nc4ccc(F)c(Cl)c4)ncnc3n2C2CCCC2)cc1. The first-order chi connectivity index (χ1) is 15.1. The molecule has 1 aliphatic rings. The first-order valence-corrected chi connectivity index (χ1v) is 10.7. The number of fused-ring (bicyclic) bond motifs is 1. The Morgan fingerprint density at radius 3 is 2.55 bits per heavy atom. The van der Waals surface area contributed by atoms with Crippen molar-refractivity contribution in [2.75, 3.05) is 12.4 Å². The number of hydrogen-bond acceptors (Lipinski definition) is 4. The van der Waals surface area contributed by atoms with Crippen LogP contribution in [-0.4, -0.2) is 21.6 Å². The van der Waals surface area contributed by atoms with E-state index in [1.165, 1.54) is 18.9 Å². The number of halogens is 2. The summed E-state index contributed by atoms with van der Waals surface area (Å²) in [5.41, 5.74) is 3.76. The Labute approximate surface area is 184 Å². The summed E-state index contributed by atoms with van der Waals surface area (Å²) in [6, 6.07) is 15.2. The zero-order valence-corrected chi connectivity index (χ0v) is 17.9. The Balaban J connectivity index is 1.64. The van der Waals surface area contributed by atoms with E-state index in [1.54, 1.807) is 25.6 Å². The highest BCUT2D eigenvalue weighted by Crippen LogP contribution is 2.40. The molecule has 1 N–H and O–H groups in total. The molecule has 1 aliphatic carbocycles. The minimum absolute atomic E-state index is 0.0674. The van der Waals surface area contributed by atoms with Crippen molar-refractivity contribution in [2.24, 2.45) is 0 Å². The summed E-state index contributed by atoms with van der Waals surface area (Å²) < 4.78 is 21.2. The molecule has 158 valence electrons. The second kappa shape index (κ2) is 8.19. The molecule has 0 unspecified atom stereocenters. The molecule has 2 aromatic carbocycles. The van der Waals surface area contributed by atoms with E-state index >= 15 is 0 Å². The third kappa shape index (κ3) is 3.72. The molecule has 0 saturated heterocycles. The maximum Gasteiger partial charge on any atom is 0.146 e. The van der Waals surface area contributed by atoms with Gasteiger partial charge >= 0.3 is 0 Å². The van der Waals surface area contributed by atoms with E-state index in [4.69, 9.17) is 16.3 Å². The molecule has 0 spiro atoms. The zero-order chi connectivity index (χ0) is 21.4. The smallest absolute Gasteiger partial charge is 0.146 e. The number of aromatic nitrogens is 3. The second-order valence-electron chi connectivity index (χ2n) is 7.78. The van der Waals surface area contributed by atoms with Crippen molar-refractivity contribution in [1.82, 2.24) is 14.5 Å². The van der Waals surface area contributed by atoms with Crippen LogP contribution in [0.15, 0.2) is 54.9 Å².